The highest BCUT2D eigenvalue weighted by Crippen LogP contribution is 2.23. The molecule has 0 aliphatic carbocycles. The van der Waals surface area contributed by atoms with Gasteiger partial charge in [-0.3, -0.25) is 4.57 Å². The standard InChI is InChI=1S/C14H15NO3/c1-3-18-14(16)15-10-4-5-13(15)11-6-8-12(17-2)9-7-11/h4-10H,3H2,1-2H3. The van der Waals surface area contributed by atoms with Crippen LogP contribution in [0.2, 0.25) is 0 Å². The lowest BCUT2D eigenvalue weighted by molar-refractivity contribution is 0.154. The molecule has 1 aromatic carbocycles. The molecule has 0 spiro atoms. The number of nitrogens with zero attached hydrogens (tertiary/aromatic N) is 1. The third kappa shape index (κ3) is 2.37. The van der Waals surface area contributed by atoms with Gasteiger partial charge in [0.1, 0.15) is 5.75 Å². The zero-order chi connectivity index (χ0) is 13.0. The molecular weight excluding hydrogens is 230 g/mol. The van der Waals surface area contributed by atoms with Gasteiger partial charge < -0.3 is 9.47 Å². The van der Waals surface area contributed by atoms with Crippen LogP contribution in [-0.2, 0) is 4.74 Å². The van der Waals surface area contributed by atoms with E-state index in [0.717, 1.165) is 17.0 Å². The lowest BCUT2D eigenvalue weighted by Crippen LogP contribution is -2.13. The number of hydrogen-bond donors (Lipinski definition) is 0. The van der Waals surface area contributed by atoms with E-state index in [9.17, 15) is 4.79 Å². The predicted molar refractivity (Wildman–Crippen MR) is 68.8 cm³/mol. The van der Waals surface area contributed by atoms with Crippen LogP contribution in [0.15, 0.2) is 42.6 Å². The first-order valence-corrected chi connectivity index (χ1v) is 5.75. The molecule has 1 heterocycles. The van der Waals surface area contributed by atoms with Crippen molar-refractivity contribution in [2.24, 2.45) is 0 Å². The third-order valence-corrected chi connectivity index (χ3v) is 2.60. The number of hydrogen-bond acceptors (Lipinski definition) is 3. The molecule has 0 aliphatic rings. The quantitative estimate of drug-likeness (QED) is 0.833. The summed E-state index contributed by atoms with van der Waals surface area (Å²) in [6.07, 6.45) is 1.32. The Hall–Kier alpha value is -2.23. The van der Waals surface area contributed by atoms with Crippen molar-refractivity contribution >= 4 is 6.09 Å². The van der Waals surface area contributed by atoms with E-state index in [2.05, 4.69) is 0 Å². The molecule has 2 aromatic rings. The van der Waals surface area contributed by atoms with Gasteiger partial charge in [0, 0.05) is 6.20 Å². The van der Waals surface area contributed by atoms with Crippen LogP contribution in [0.5, 0.6) is 5.75 Å². The van der Waals surface area contributed by atoms with E-state index in [0.29, 0.717) is 6.61 Å². The maximum absolute atomic E-state index is 11.7. The van der Waals surface area contributed by atoms with Gasteiger partial charge in [0.2, 0.25) is 0 Å². The van der Waals surface area contributed by atoms with Gasteiger partial charge in [0.15, 0.2) is 0 Å². The summed E-state index contributed by atoms with van der Waals surface area (Å²) in [5, 5.41) is 0. The van der Waals surface area contributed by atoms with E-state index >= 15 is 0 Å². The minimum atomic E-state index is -0.367. The fourth-order valence-electron chi connectivity index (χ4n) is 1.73. The zero-order valence-electron chi connectivity index (χ0n) is 10.4. The minimum absolute atomic E-state index is 0.360. The molecule has 4 nitrogen and oxygen atoms in total. The largest absolute Gasteiger partial charge is 0.497 e. The summed E-state index contributed by atoms with van der Waals surface area (Å²) < 4.78 is 11.6. The normalized spacial score (nSPS) is 10.1. The van der Waals surface area contributed by atoms with E-state index in [-0.39, 0.29) is 6.09 Å². The van der Waals surface area contributed by atoms with E-state index in [4.69, 9.17) is 9.47 Å². The second-order valence-corrected chi connectivity index (χ2v) is 3.69. The second kappa shape index (κ2) is 5.40. The van der Waals surface area contributed by atoms with Gasteiger partial charge in [0.05, 0.1) is 19.4 Å². The molecular formula is C14H15NO3. The Morgan fingerprint density at radius 3 is 2.56 bits per heavy atom. The Morgan fingerprint density at radius 2 is 1.94 bits per heavy atom. The van der Waals surface area contributed by atoms with Crippen molar-refractivity contribution < 1.29 is 14.3 Å². The van der Waals surface area contributed by atoms with Gasteiger partial charge in [-0.1, -0.05) is 0 Å². The van der Waals surface area contributed by atoms with Crippen LogP contribution in [0.3, 0.4) is 0 Å². The number of carbonyl (C=O) groups is 1. The lowest BCUT2D eigenvalue weighted by Gasteiger charge is -2.08. The van der Waals surface area contributed by atoms with Crippen LogP contribution in [0.4, 0.5) is 4.79 Å². The Labute approximate surface area is 106 Å². The number of benzene rings is 1. The molecule has 0 aliphatic heterocycles. The molecule has 94 valence electrons. The number of rotatable bonds is 3. The maximum atomic E-state index is 11.7. The molecule has 0 bridgehead atoms. The first kappa shape index (κ1) is 12.2. The fourth-order valence-corrected chi connectivity index (χ4v) is 1.73. The van der Waals surface area contributed by atoms with Gasteiger partial charge in [-0.15, -0.1) is 0 Å². The van der Waals surface area contributed by atoms with Crippen molar-refractivity contribution in [3.63, 3.8) is 0 Å². The van der Waals surface area contributed by atoms with E-state index < -0.39 is 0 Å². The van der Waals surface area contributed by atoms with Crippen molar-refractivity contribution in [3.05, 3.63) is 42.6 Å². The second-order valence-electron chi connectivity index (χ2n) is 3.69. The van der Waals surface area contributed by atoms with Crippen LogP contribution >= 0.6 is 0 Å². The Balaban J connectivity index is 2.32. The molecule has 0 N–H and O–H groups in total. The molecule has 0 saturated carbocycles. The topological polar surface area (TPSA) is 40.5 Å². The highest BCUT2D eigenvalue weighted by atomic mass is 16.5. The molecule has 0 unspecified atom stereocenters. The summed E-state index contributed by atoms with van der Waals surface area (Å²) in [5.74, 6) is 0.785. The average Bonchev–Trinajstić information content (AvgIpc) is 2.88. The van der Waals surface area contributed by atoms with Gasteiger partial charge in [-0.2, -0.15) is 0 Å². The average molecular weight is 245 g/mol. The molecule has 2 rings (SSSR count). The highest BCUT2D eigenvalue weighted by Gasteiger charge is 2.11. The van der Waals surface area contributed by atoms with Crippen LogP contribution in [-0.4, -0.2) is 24.4 Å². The van der Waals surface area contributed by atoms with E-state index in [1.165, 1.54) is 4.57 Å². The summed E-state index contributed by atoms with van der Waals surface area (Å²) in [4.78, 5) is 11.7. The molecule has 0 amide bonds. The maximum Gasteiger partial charge on any atom is 0.418 e. The number of aromatic nitrogens is 1. The summed E-state index contributed by atoms with van der Waals surface area (Å²) in [7, 11) is 1.62. The molecule has 0 radical (unpaired) electrons. The molecule has 4 heteroatoms. The molecule has 18 heavy (non-hydrogen) atoms. The highest BCUT2D eigenvalue weighted by molar-refractivity contribution is 5.78. The number of carbonyl (C=O) groups excluding carboxylic acids is 1. The number of ether oxygens (including phenoxy) is 2. The smallest absolute Gasteiger partial charge is 0.418 e. The Morgan fingerprint density at radius 1 is 1.22 bits per heavy atom. The van der Waals surface area contributed by atoms with Crippen molar-refractivity contribution in [3.8, 4) is 17.0 Å². The molecule has 1 aromatic heterocycles. The molecule has 0 fully saturated rings. The Bertz CT molecular complexity index is 528. The van der Waals surface area contributed by atoms with Crippen LogP contribution < -0.4 is 4.74 Å². The van der Waals surface area contributed by atoms with Gasteiger partial charge in [-0.25, -0.2) is 4.79 Å². The fraction of sp³-hybridized carbons (Fsp3) is 0.214. The molecule has 0 saturated heterocycles. The third-order valence-electron chi connectivity index (χ3n) is 2.60. The van der Waals surface area contributed by atoms with Crippen LogP contribution in [0.1, 0.15) is 6.92 Å². The van der Waals surface area contributed by atoms with Gasteiger partial charge in [0.25, 0.3) is 0 Å². The lowest BCUT2D eigenvalue weighted by atomic mass is 10.1. The van der Waals surface area contributed by atoms with Gasteiger partial charge >= 0.3 is 6.09 Å². The van der Waals surface area contributed by atoms with Gasteiger partial charge in [-0.05, 0) is 48.9 Å². The summed E-state index contributed by atoms with van der Waals surface area (Å²) >= 11 is 0. The minimum Gasteiger partial charge on any atom is -0.497 e. The Kier molecular flexibility index (Phi) is 3.67. The van der Waals surface area contributed by atoms with Crippen LogP contribution in [0, 0.1) is 0 Å². The SMILES string of the molecule is CCOC(=O)n1cccc1-c1ccc(OC)cc1. The number of methoxy groups -OCH3 is 1. The van der Waals surface area contributed by atoms with E-state index in [1.807, 2.05) is 36.4 Å². The van der Waals surface area contributed by atoms with Crippen molar-refractivity contribution in [2.75, 3.05) is 13.7 Å². The first-order chi connectivity index (χ1) is 8.76. The summed E-state index contributed by atoms with van der Waals surface area (Å²) in [5.41, 5.74) is 1.74. The van der Waals surface area contributed by atoms with Crippen LogP contribution in [0.25, 0.3) is 11.3 Å². The first-order valence-electron chi connectivity index (χ1n) is 5.75. The van der Waals surface area contributed by atoms with Crippen molar-refractivity contribution in [1.29, 1.82) is 0 Å². The van der Waals surface area contributed by atoms with Crippen molar-refractivity contribution in [2.45, 2.75) is 6.92 Å². The molecule has 0 atom stereocenters. The van der Waals surface area contributed by atoms with Crippen molar-refractivity contribution in [1.82, 2.24) is 4.57 Å². The summed E-state index contributed by atoms with van der Waals surface area (Å²) in [6, 6.07) is 11.2. The zero-order valence-corrected chi connectivity index (χ0v) is 10.4. The predicted octanol–water partition coefficient (Wildman–Crippen LogP) is 3.17. The summed E-state index contributed by atoms with van der Waals surface area (Å²) in [6.45, 7) is 2.15. The van der Waals surface area contributed by atoms with E-state index in [1.54, 1.807) is 20.2 Å². The monoisotopic (exact) mass is 245 g/mol.